The van der Waals surface area contributed by atoms with E-state index in [2.05, 4.69) is 30.3 Å². The van der Waals surface area contributed by atoms with Crippen LogP contribution in [-0.2, 0) is 12.4 Å². The van der Waals surface area contributed by atoms with Crippen LogP contribution >= 0.6 is 0 Å². The molecule has 10 aromatic carbocycles. The van der Waals surface area contributed by atoms with Crippen molar-refractivity contribution < 1.29 is 26.3 Å². The number of hydrogen-bond acceptors (Lipinski definition) is 9. The first-order valence-corrected chi connectivity index (χ1v) is 26.3. The molecule has 0 aliphatic rings. The van der Waals surface area contributed by atoms with E-state index in [-0.39, 0.29) is 83.5 Å². The number of aromatic nitrogens is 2. The Morgan fingerprint density at radius 3 is 0.784 bits per heavy atom. The molecular weight excluding hydrogens is 1120 g/mol. The van der Waals surface area contributed by atoms with Crippen molar-refractivity contribution in [2.45, 2.75) is 12.4 Å². The number of fused-ring (bicyclic) bond motifs is 6. The van der Waals surface area contributed by atoms with Gasteiger partial charge in [0, 0.05) is 32.7 Å². The van der Waals surface area contributed by atoms with Crippen molar-refractivity contribution in [2.24, 2.45) is 0 Å². The summed E-state index contributed by atoms with van der Waals surface area (Å²) in [6, 6.07) is 60.3. The summed E-state index contributed by atoms with van der Waals surface area (Å²) in [4.78, 5) is 0. The highest BCUT2D eigenvalue weighted by atomic mass is 19.4. The fraction of sp³-hybridized carbons (Fsp3) is 0.0282. The van der Waals surface area contributed by atoms with Crippen molar-refractivity contribution in [2.75, 3.05) is 0 Å². The standard InChI is InChI=1S/C71H29F6N11/c72-70(73,74)60-2-1-3-61(71(75,76)77)68(60)69-66(87-62-16-8-44(52-12-4-39(30-78)20-48(52)35-83)26-56(62)57-27-45(9-17-63(57)87)53-13-5-40(31-79)21-49(53)36-84)24-43(34-82)25-67(69)88-64-18-10-46(54-14-6-41(32-80)22-50(54)37-85)28-58(64)59-29-47(11-19-65(59)88)55-15-7-42(33-81)23-51(55)38-86/h1-29H. The van der Waals surface area contributed by atoms with E-state index < -0.39 is 34.6 Å². The average molecular weight is 1150 g/mol. The Bertz CT molecular complexity index is 4910. The van der Waals surface area contributed by atoms with E-state index in [1.54, 1.807) is 97.1 Å². The van der Waals surface area contributed by atoms with Crippen LogP contribution in [0.25, 0.3) is 111 Å². The predicted octanol–water partition coefficient (Wildman–Crippen LogP) is 17.1. The predicted molar refractivity (Wildman–Crippen MR) is 315 cm³/mol. The third-order valence-electron chi connectivity index (χ3n) is 15.5. The molecule has 0 bridgehead atoms. The van der Waals surface area contributed by atoms with Gasteiger partial charge in [0.2, 0.25) is 0 Å². The molecule has 410 valence electrons. The Balaban J connectivity index is 1.27. The first-order valence-electron chi connectivity index (χ1n) is 26.3. The highest BCUT2D eigenvalue weighted by Gasteiger charge is 2.43. The van der Waals surface area contributed by atoms with Crippen LogP contribution in [0.2, 0.25) is 0 Å². The minimum absolute atomic E-state index is 0.117. The van der Waals surface area contributed by atoms with Crippen LogP contribution in [0, 0.1) is 102 Å². The Kier molecular flexibility index (Phi) is 13.3. The van der Waals surface area contributed by atoms with E-state index in [0.717, 1.165) is 0 Å². The lowest BCUT2D eigenvalue weighted by molar-refractivity contribution is -0.142. The molecule has 0 atom stereocenters. The summed E-state index contributed by atoms with van der Waals surface area (Å²) < 4.78 is 99.4. The normalized spacial score (nSPS) is 11.2. The Morgan fingerprint density at radius 1 is 0.273 bits per heavy atom. The molecule has 0 spiro atoms. The molecule has 0 aliphatic carbocycles. The quantitative estimate of drug-likeness (QED) is 0.138. The summed E-state index contributed by atoms with van der Waals surface area (Å²) in [6.45, 7) is 0. The van der Waals surface area contributed by atoms with Crippen molar-refractivity contribution in [1.82, 2.24) is 9.13 Å². The summed E-state index contributed by atoms with van der Waals surface area (Å²) in [5.74, 6) is 0. The van der Waals surface area contributed by atoms with Crippen molar-refractivity contribution in [3.63, 3.8) is 0 Å². The van der Waals surface area contributed by atoms with Crippen LogP contribution < -0.4 is 0 Å². The summed E-state index contributed by atoms with van der Waals surface area (Å²) in [5.41, 5.74) is -0.830. The van der Waals surface area contributed by atoms with Crippen LogP contribution in [0.3, 0.4) is 0 Å². The highest BCUT2D eigenvalue weighted by Crippen LogP contribution is 2.52. The van der Waals surface area contributed by atoms with Crippen LogP contribution in [-0.4, -0.2) is 9.13 Å². The van der Waals surface area contributed by atoms with Gasteiger partial charge in [0.1, 0.15) is 0 Å². The van der Waals surface area contributed by atoms with Crippen molar-refractivity contribution in [3.05, 3.63) is 237 Å². The van der Waals surface area contributed by atoms with Gasteiger partial charge in [-0.3, -0.25) is 0 Å². The molecule has 11 nitrogen and oxygen atoms in total. The number of nitrogens with zero attached hydrogens (tertiary/aromatic N) is 11. The average Bonchev–Trinajstić information content (AvgIpc) is 1.50. The second-order valence-electron chi connectivity index (χ2n) is 20.3. The van der Waals surface area contributed by atoms with Crippen LogP contribution in [0.1, 0.15) is 61.2 Å². The van der Waals surface area contributed by atoms with E-state index in [4.69, 9.17) is 0 Å². The van der Waals surface area contributed by atoms with Crippen molar-refractivity contribution >= 4 is 43.6 Å². The van der Waals surface area contributed by atoms with Gasteiger partial charge in [-0.25, -0.2) is 0 Å². The maximum atomic E-state index is 16.1. The summed E-state index contributed by atoms with van der Waals surface area (Å²) in [5, 5.41) is 92.8. The van der Waals surface area contributed by atoms with E-state index in [9.17, 15) is 47.4 Å². The van der Waals surface area contributed by atoms with Gasteiger partial charge in [-0.2, -0.15) is 73.7 Å². The molecule has 0 aliphatic heterocycles. The SMILES string of the molecule is N#Cc1ccc(-c2ccc3c(c2)c2cc(-c4ccc(C#N)cc4C#N)ccc2n3-c2cc(C#N)cc(-n3c4ccc(-c5ccc(C#N)cc5C#N)cc4c4cc(-c5ccc(C#N)cc5C#N)ccc43)c2-c2c(C(F)(F)F)cccc2C(F)(F)F)c(C#N)c1. The molecule has 12 aromatic rings. The number of halogens is 6. The fourth-order valence-corrected chi connectivity index (χ4v) is 11.6. The summed E-state index contributed by atoms with van der Waals surface area (Å²) in [6.07, 6.45) is -10.9. The number of benzene rings is 10. The van der Waals surface area contributed by atoms with E-state index in [0.29, 0.717) is 84.3 Å². The van der Waals surface area contributed by atoms with Gasteiger partial charge in [0.25, 0.3) is 0 Å². The summed E-state index contributed by atoms with van der Waals surface area (Å²) in [7, 11) is 0. The number of alkyl halides is 6. The monoisotopic (exact) mass is 1150 g/mol. The second-order valence-corrected chi connectivity index (χ2v) is 20.3. The zero-order valence-electron chi connectivity index (χ0n) is 44.9. The third-order valence-corrected chi connectivity index (χ3v) is 15.5. The molecule has 0 radical (unpaired) electrons. The number of rotatable bonds is 7. The van der Waals surface area contributed by atoms with Gasteiger partial charge in [0.05, 0.1) is 149 Å². The van der Waals surface area contributed by atoms with Gasteiger partial charge in [-0.1, -0.05) is 54.6 Å². The zero-order chi connectivity index (χ0) is 61.9. The molecule has 0 fully saturated rings. The molecule has 0 amide bonds. The first-order chi connectivity index (χ1) is 42.5. The van der Waals surface area contributed by atoms with Crippen molar-refractivity contribution in [1.29, 1.82) is 47.4 Å². The van der Waals surface area contributed by atoms with Crippen LogP contribution in [0.5, 0.6) is 0 Å². The molecule has 88 heavy (non-hydrogen) atoms. The number of hydrogen-bond donors (Lipinski definition) is 0. The topological polar surface area (TPSA) is 224 Å². The van der Waals surface area contributed by atoms with Gasteiger partial charge >= 0.3 is 12.4 Å². The third kappa shape index (κ3) is 9.12. The second kappa shape index (κ2) is 21.2. The molecular formula is C71H29F6N11. The molecule has 2 aromatic heterocycles. The molecule has 0 saturated heterocycles. The van der Waals surface area contributed by atoms with E-state index >= 15 is 26.3 Å². The van der Waals surface area contributed by atoms with Crippen LogP contribution in [0.15, 0.2) is 176 Å². The Labute approximate surface area is 495 Å². The number of nitriles is 9. The smallest absolute Gasteiger partial charge is 0.308 e. The maximum absolute atomic E-state index is 16.1. The zero-order valence-corrected chi connectivity index (χ0v) is 44.9. The Morgan fingerprint density at radius 2 is 0.545 bits per heavy atom. The fourth-order valence-electron chi connectivity index (χ4n) is 11.6. The molecule has 17 heteroatoms. The molecule has 0 N–H and O–H groups in total. The molecule has 12 rings (SSSR count). The lowest BCUT2D eigenvalue weighted by atomic mass is 9.89. The largest absolute Gasteiger partial charge is 0.417 e. The maximum Gasteiger partial charge on any atom is 0.417 e. The van der Waals surface area contributed by atoms with Gasteiger partial charge in [0.15, 0.2) is 0 Å². The first kappa shape index (κ1) is 55.3. The van der Waals surface area contributed by atoms with Gasteiger partial charge in [-0.05, 0) is 166 Å². The highest BCUT2D eigenvalue weighted by molar-refractivity contribution is 6.15. The van der Waals surface area contributed by atoms with E-state index in [1.165, 1.54) is 69.8 Å². The molecule has 0 saturated carbocycles. The van der Waals surface area contributed by atoms with Crippen LogP contribution in [0.4, 0.5) is 26.3 Å². The molecule has 0 unspecified atom stereocenters. The summed E-state index contributed by atoms with van der Waals surface area (Å²) >= 11 is 0. The van der Waals surface area contributed by atoms with Gasteiger partial charge in [-0.15, -0.1) is 0 Å². The molecule has 2 heterocycles. The Hall–Kier alpha value is -13.2. The minimum Gasteiger partial charge on any atom is -0.308 e. The van der Waals surface area contributed by atoms with Crippen molar-refractivity contribution in [3.8, 4) is 122 Å². The minimum atomic E-state index is -5.45. The van der Waals surface area contributed by atoms with E-state index in [1.807, 2.05) is 24.3 Å². The van der Waals surface area contributed by atoms with Gasteiger partial charge < -0.3 is 9.13 Å². The lowest BCUT2D eigenvalue weighted by Gasteiger charge is -2.25. The lowest BCUT2D eigenvalue weighted by Crippen LogP contribution is -2.16.